The number of aryl methyl sites for hydroxylation is 2. The number of para-hydroxylation sites is 1. The van der Waals surface area contributed by atoms with Gasteiger partial charge < -0.3 is 14.7 Å². The van der Waals surface area contributed by atoms with E-state index in [2.05, 4.69) is 25.1 Å². The minimum atomic E-state index is -0.730. The summed E-state index contributed by atoms with van der Waals surface area (Å²) in [6, 6.07) is 26.2. The third-order valence-corrected chi connectivity index (χ3v) is 7.06. The Balaban J connectivity index is 0.000000319. The topological polar surface area (TPSA) is 49.8 Å². The number of piperidine rings is 1. The maximum atomic E-state index is 13.2. The third-order valence-electron chi connectivity index (χ3n) is 7.06. The van der Waals surface area contributed by atoms with Crippen molar-refractivity contribution < 1.29 is 14.6 Å². The van der Waals surface area contributed by atoms with Crippen LogP contribution in [0.15, 0.2) is 84.4 Å². The van der Waals surface area contributed by atoms with E-state index in [1.54, 1.807) is 7.11 Å². The minimum Gasteiger partial charge on any atom is -0.496 e. The molecule has 0 saturated carbocycles. The summed E-state index contributed by atoms with van der Waals surface area (Å²) in [7, 11) is 1.70. The molecule has 0 radical (unpaired) electrons. The predicted molar refractivity (Wildman–Crippen MR) is 153 cm³/mol. The minimum absolute atomic E-state index is 0.0751. The molecular formula is C33H41NO3. The lowest BCUT2D eigenvalue weighted by atomic mass is 9.85. The quantitative estimate of drug-likeness (QED) is 0.387. The Hall–Kier alpha value is -3.37. The molecule has 1 aliphatic rings. The number of nitrogens with zero attached hydrogens (tertiary/aromatic N) is 1. The van der Waals surface area contributed by atoms with Gasteiger partial charge in [0, 0.05) is 25.1 Å². The Kier molecular flexibility index (Phi) is 10.1. The number of likely N-dealkylation sites (tertiary alicyclic amines) is 1. The summed E-state index contributed by atoms with van der Waals surface area (Å²) in [6.45, 7) is 9.33. The Morgan fingerprint density at radius 1 is 0.919 bits per heavy atom. The van der Waals surface area contributed by atoms with Gasteiger partial charge in [-0.1, -0.05) is 85.3 Å². The molecule has 3 aromatic rings. The van der Waals surface area contributed by atoms with Crippen LogP contribution in [0.5, 0.6) is 5.75 Å². The Labute approximate surface area is 222 Å². The zero-order valence-electron chi connectivity index (χ0n) is 23.0. The van der Waals surface area contributed by atoms with Gasteiger partial charge in [-0.15, -0.1) is 0 Å². The van der Waals surface area contributed by atoms with Gasteiger partial charge in [-0.05, 0) is 68.4 Å². The summed E-state index contributed by atoms with van der Waals surface area (Å²) >= 11 is 0. The smallest absolute Gasteiger partial charge is 0.254 e. The first kappa shape index (κ1) is 28.2. The number of allylic oxidation sites excluding steroid dienone is 1. The molecule has 1 amide bonds. The molecular weight excluding hydrogens is 458 g/mol. The van der Waals surface area contributed by atoms with Gasteiger partial charge in [-0.3, -0.25) is 4.79 Å². The average molecular weight is 500 g/mol. The summed E-state index contributed by atoms with van der Waals surface area (Å²) < 4.78 is 5.14. The van der Waals surface area contributed by atoms with Crippen LogP contribution in [-0.2, 0) is 17.6 Å². The molecule has 4 heteroatoms. The average Bonchev–Trinajstić information content (AvgIpc) is 2.90. The molecule has 1 saturated heterocycles. The van der Waals surface area contributed by atoms with E-state index in [1.807, 2.05) is 86.3 Å². The van der Waals surface area contributed by atoms with E-state index in [0.29, 0.717) is 32.4 Å². The molecule has 1 heterocycles. The Bertz CT molecular complexity index is 1160. The second kappa shape index (κ2) is 13.3. The molecule has 0 bridgehead atoms. The molecule has 1 aliphatic heterocycles. The van der Waals surface area contributed by atoms with Crippen LogP contribution in [-0.4, -0.2) is 41.7 Å². The van der Waals surface area contributed by atoms with Crippen molar-refractivity contribution in [1.82, 2.24) is 4.90 Å². The molecule has 1 fully saturated rings. The van der Waals surface area contributed by atoms with Crippen molar-refractivity contribution >= 4 is 11.5 Å². The number of methoxy groups -OCH3 is 1. The van der Waals surface area contributed by atoms with Crippen LogP contribution in [0, 0.1) is 6.92 Å². The van der Waals surface area contributed by atoms with Crippen molar-refractivity contribution in [2.75, 3.05) is 20.2 Å². The summed E-state index contributed by atoms with van der Waals surface area (Å²) in [5.74, 6) is 1.07. The summed E-state index contributed by atoms with van der Waals surface area (Å²) in [5, 5.41) is 11.0. The van der Waals surface area contributed by atoms with Crippen LogP contribution in [0.25, 0.3) is 5.57 Å². The van der Waals surface area contributed by atoms with Crippen molar-refractivity contribution in [3.05, 3.63) is 107 Å². The van der Waals surface area contributed by atoms with E-state index >= 15 is 0 Å². The zero-order chi connectivity index (χ0) is 26.8. The second-order valence-corrected chi connectivity index (χ2v) is 10.0. The molecule has 3 aromatic carbocycles. The number of carbonyl (C=O) groups excluding carboxylic acids is 1. The molecule has 0 unspecified atom stereocenters. The molecule has 196 valence electrons. The highest BCUT2D eigenvalue weighted by molar-refractivity contribution is 6.20. The van der Waals surface area contributed by atoms with Crippen molar-refractivity contribution in [1.29, 1.82) is 0 Å². The normalized spacial score (nSPS) is 14.3. The monoisotopic (exact) mass is 499 g/mol. The van der Waals surface area contributed by atoms with Gasteiger partial charge in [0.25, 0.3) is 5.91 Å². The highest BCUT2D eigenvalue weighted by Crippen LogP contribution is 2.30. The first-order chi connectivity index (χ1) is 17.8. The van der Waals surface area contributed by atoms with E-state index in [4.69, 9.17) is 4.74 Å². The number of aliphatic hydroxyl groups is 1. The Morgan fingerprint density at radius 2 is 1.51 bits per heavy atom. The standard InChI is InChI=1S/C24H29NO2.C9H12O/c1-18(2)22(21-12-8-7-9-19(21)3)23(26)25-15-13-24(27,14-16-25)17-20-10-5-4-6-11-20;1-3-8-6-4-5-7-9(8)10-2/h4-12,27H,13-17H2,1-3H3;4-7H,3H2,1-2H3. The van der Waals surface area contributed by atoms with Crippen molar-refractivity contribution in [3.63, 3.8) is 0 Å². The molecule has 0 aliphatic carbocycles. The van der Waals surface area contributed by atoms with Crippen LogP contribution in [0.4, 0.5) is 0 Å². The van der Waals surface area contributed by atoms with Gasteiger partial charge >= 0.3 is 0 Å². The van der Waals surface area contributed by atoms with Crippen molar-refractivity contribution in [2.24, 2.45) is 0 Å². The molecule has 4 rings (SSSR count). The van der Waals surface area contributed by atoms with E-state index in [9.17, 15) is 9.90 Å². The molecule has 37 heavy (non-hydrogen) atoms. The fraction of sp³-hybridized carbons (Fsp3) is 0.364. The van der Waals surface area contributed by atoms with E-state index in [1.165, 1.54) is 5.56 Å². The highest BCUT2D eigenvalue weighted by Gasteiger charge is 2.35. The van der Waals surface area contributed by atoms with Crippen LogP contribution < -0.4 is 4.74 Å². The number of benzene rings is 3. The van der Waals surface area contributed by atoms with Crippen LogP contribution in [0.3, 0.4) is 0 Å². The lowest BCUT2D eigenvalue weighted by Gasteiger charge is -2.39. The number of amides is 1. The van der Waals surface area contributed by atoms with Crippen LogP contribution >= 0.6 is 0 Å². The zero-order valence-corrected chi connectivity index (χ0v) is 23.0. The van der Waals surface area contributed by atoms with Gasteiger partial charge in [0.2, 0.25) is 0 Å². The maximum absolute atomic E-state index is 13.2. The number of carbonyl (C=O) groups is 1. The van der Waals surface area contributed by atoms with E-state index < -0.39 is 5.60 Å². The predicted octanol–water partition coefficient (Wildman–Crippen LogP) is 6.64. The third kappa shape index (κ3) is 7.56. The van der Waals surface area contributed by atoms with Gasteiger partial charge in [-0.25, -0.2) is 0 Å². The number of rotatable bonds is 6. The fourth-order valence-corrected chi connectivity index (χ4v) is 4.88. The van der Waals surface area contributed by atoms with Gasteiger partial charge in [0.1, 0.15) is 5.75 Å². The summed E-state index contributed by atoms with van der Waals surface area (Å²) in [5.41, 5.74) is 5.62. The Morgan fingerprint density at radius 3 is 2.08 bits per heavy atom. The van der Waals surface area contributed by atoms with Gasteiger partial charge in [0.05, 0.1) is 12.7 Å². The number of hydrogen-bond acceptors (Lipinski definition) is 3. The van der Waals surface area contributed by atoms with Gasteiger partial charge in [0.15, 0.2) is 0 Å². The number of hydrogen-bond donors (Lipinski definition) is 1. The summed E-state index contributed by atoms with van der Waals surface area (Å²) in [4.78, 5) is 15.1. The molecule has 0 spiro atoms. The summed E-state index contributed by atoms with van der Waals surface area (Å²) in [6.07, 6.45) is 2.89. The van der Waals surface area contributed by atoms with E-state index in [0.717, 1.165) is 40.0 Å². The molecule has 1 N–H and O–H groups in total. The fourth-order valence-electron chi connectivity index (χ4n) is 4.88. The van der Waals surface area contributed by atoms with Gasteiger partial charge in [-0.2, -0.15) is 0 Å². The maximum Gasteiger partial charge on any atom is 0.254 e. The largest absolute Gasteiger partial charge is 0.496 e. The lowest BCUT2D eigenvalue weighted by molar-refractivity contribution is -0.129. The van der Waals surface area contributed by atoms with Crippen LogP contribution in [0.1, 0.15) is 55.9 Å². The first-order valence-electron chi connectivity index (χ1n) is 13.2. The van der Waals surface area contributed by atoms with E-state index in [-0.39, 0.29) is 5.91 Å². The molecule has 0 atom stereocenters. The van der Waals surface area contributed by atoms with Crippen molar-refractivity contribution in [3.8, 4) is 5.75 Å². The molecule has 0 aromatic heterocycles. The SMILES string of the molecule is CC(C)=C(C(=O)N1CCC(O)(Cc2ccccc2)CC1)c1ccccc1C.CCc1ccccc1OC. The first-order valence-corrected chi connectivity index (χ1v) is 13.2. The van der Waals surface area contributed by atoms with Crippen LogP contribution in [0.2, 0.25) is 0 Å². The molecule has 4 nitrogen and oxygen atoms in total. The second-order valence-electron chi connectivity index (χ2n) is 10.0. The lowest BCUT2D eigenvalue weighted by Crippen LogP contribution is -2.48. The highest BCUT2D eigenvalue weighted by atomic mass is 16.5. The number of ether oxygens (including phenoxy) is 1. The van der Waals surface area contributed by atoms with Crippen molar-refractivity contribution in [2.45, 2.75) is 59.0 Å².